The predicted molar refractivity (Wildman–Crippen MR) is 109 cm³/mol. The number of hydrogen-bond donors (Lipinski definition) is 0. The maximum atomic E-state index is 12.8. The summed E-state index contributed by atoms with van der Waals surface area (Å²) in [6.45, 7) is 1.15. The van der Waals surface area contributed by atoms with Gasteiger partial charge in [-0.15, -0.1) is 5.10 Å². The van der Waals surface area contributed by atoms with Gasteiger partial charge in [0.2, 0.25) is 0 Å². The molecule has 13 heteroatoms. The van der Waals surface area contributed by atoms with Gasteiger partial charge >= 0.3 is 5.97 Å². The molecule has 0 spiro atoms. The summed E-state index contributed by atoms with van der Waals surface area (Å²) in [5.41, 5.74) is 1.28. The topological polar surface area (TPSA) is 143 Å². The molecule has 0 bridgehead atoms. The van der Waals surface area contributed by atoms with Crippen LogP contribution < -0.4 is 4.74 Å². The van der Waals surface area contributed by atoms with Gasteiger partial charge in [-0.25, -0.2) is 13.1 Å². The van der Waals surface area contributed by atoms with E-state index in [9.17, 15) is 18.0 Å². The Morgan fingerprint density at radius 3 is 2.56 bits per heavy atom. The third-order valence-electron chi connectivity index (χ3n) is 5.25. The van der Waals surface area contributed by atoms with Gasteiger partial charge in [0.1, 0.15) is 12.4 Å². The molecule has 32 heavy (non-hydrogen) atoms. The Morgan fingerprint density at radius 2 is 1.94 bits per heavy atom. The zero-order chi connectivity index (χ0) is 23.0. The lowest BCUT2D eigenvalue weighted by Gasteiger charge is -2.48. The zero-order valence-electron chi connectivity index (χ0n) is 17.6. The molecular formula is C19H21N5O7S. The Morgan fingerprint density at radius 1 is 1.22 bits per heavy atom. The number of methoxy groups -OCH3 is 2. The van der Waals surface area contributed by atoms with Crippen molar-refractivity contribution in [1.82, 2.24) is 25.1 Å². The van der Waals surface area contributed by atoms with Gasteiger partial charge in [0.25, 0.3) is 5.91 Å². The van der Waals surface area contributed by atoms with Crippen LogP contribution in [0.2, 0.25) is 0 Å². The fourth-order valence-corrected chi connectivity index (χ4v) is 5.77. The number of β-lactam (4-membered cyclic amide) rings is 1. The molecule has 2 aromatic rings. The van der Waals surface area contributed by atoms with E-state index in [0.29, 0.717) is 5.75 Å². The Bertz CT molecular complexity index is 1190. The first-order valence-electron chi connectivity index (χ1n) is 9.59. The van der Waals surface area contributed by atoms with E-state index in [0.717, 1.165) is 10.5 Å². The molecule has 0 radical (unpaired) electrons. The normalized spacial score (nSPS) is 21.7. The standard InChI is InChI=1S/C19H21N5O7S/c1-11(25)31-9-13-10-32(27,28)19-16(30-3)18(26)24(19)15(13)17-20-21-22-23(17)8-12-4-6-14(29-2)7-5-12/h4-7,16,19H,8-10H2,1-3H3/t16-,19+/m0/s1. The first-order chi connectivity index (χ1) is 15.3. The van der Waals surface area contributed by atoms with Gasteiger partial charge < -0.3 is 14.2 Å². The maximum Gasteiger partial charge on any atom is 0.302 e. The summed E-state index contributed by atoms with van der Waals surface area (Å²) in [4.78, 5) is 25.2. The van der Waals surface area contributed by atoms with Crippen molar-refractivity contribution in [3.63, 3.8) is 0 Å². The number of benzene rings is 1. The second kappa shape index (κ2) is 8.31. The number of rotatable bonds is 7. The van der Waals surface area contributed by atoms with Crippen LogP contribution in [0.25, 0.3) is 5.70 Å². The third-order valence-corrected chi connectivity index (χ3v) is 7.20. The number of carbonyl (C=O) groups is 2. The van der Waals surface area contributed by atoms with Crippen LogP contribution in [0.3, 0.4) is 0 Å². The Hall–Kier alpha value is -3.32. The number of sulfone groups is 1. The van der Waals surface area contributed by atoms with Gasteiger partial charge in [0.05, 0.1) is 25.1 Å². The SMILES string of the molecule is COc1ccc(Cn2nnnc2C2=C(COC(C)=O)CS(=O)(=O)[C@@H]3[C@@H](OC)C(=O)N23)cc1. The highest BCUT2D eigenvalue weighted by Gasteiger charge is 2.60. The van der Waals surface area contributed by atoms with Crippen LogP contribution in [0.5, 0.6) is 5.75 Å². The molecule has 0 aliphatic carbocycles. The summed E-state index contributed by atoms with van der Waals surface area (Å²) in [7, 11) is -0.935. The van der Waals surface area contributed by atoms with Gasteiger partial charge in [-0.05, 0) is 28.1 Å². The van der Waals surface area contributed by atoms with E-state index in [1.54, 1.807) is 19.2 Å². The van der Waals surface area contributed by atoms with Gasteiger partial charge in [0, 0.05) is 19.6 Å². The van der Waals surface area contributed by atoms with Crippen LogP contribution in [0.15, 0.2) is 29.8 Å². The summed E-state index contributed by atoms with van der Waals surface area (Å²) in [5.74, 6) is -0.659. The smallest absolute Gasteiger partial charge is 0.302 e. The summed E-state index contributed by atoms with van der Waals surface area (Å²) < 4.78 is 42.5. The number of tetrazole rings is 1. The number of hydrogen-bond acceptors (Lipinski definition) is 10. The molecule has 4 rings (SSSR count). The summed E-state index contributed by atoms with van der Waals surface area (Å²) in [6, 6.07) is 7.25. The lowest BCUT2D eigenvalue weighted by molar-refractivity contribution is -0.156. The molecule has 1 saturated heterocycles. The van der Waals surface area contributed by atoms with E-state index in [-0.39, 0.29) is 30.2 Å². The van der Waals surface area contributed by atoms with Gasteiger partial charge in [-0.2, -0.15) is 0 Å². The molecule has 2 aliphatic heterocycles. The minimum atomic E-state index is -3.78. The van der Waals surface area contributed by atoms with Crippen LogP contribution in [-0.4, -0.2) is 83.5 Å². The average molecular weight is 463 g/mol. The molecule has 170 valence electrons. The molecule has 1 aromatic carbocycles. The number of carbonyl (C=O) groups excluding carboxylic acids is 2. The van der Waals surface area contributed by atoms with Crippen molar-refractivity contribution in [2.24, 2.45) is 0 Å². The minimum Gasteiger partial charge on any atom is -0.497 e. The Balaban J connectivity index is 1.77. The largest absolute Gasteiger partial charge is 0.497 e. The van der Waals surface area contributed by atoms with E-state index in [1.807, 2.05) is 12.1 Å². The van der Waals surface area contributed by atoms with Crippen molar-refractivity contribution in [2.75, 3.05) is 26.6 Å². The van der Waals surface area contributed by atoms with Crippen molar-refractivity contribution in [3.8, 4) is 5.75 Å². The van der Waals surface area contributed by atoms with Crippen molar-refractivity contribution < 1.29 is 32.2 Å². The summed E-state index contributed by atoms with van der Waals surface area (Å²) in [6.07, 6.45) is -1.11. The summed E-state index contributed by atoms with van der Waals surface area (Å²) >= 11 is 0. The van der Waals surface area contributed by atoms with Crippen LogP contribution in [0, 0.1) is 0 Å². The fourth-order valence-electron chi connectivity index (χ4n) is 3.76. The van der Waals surface area contributed by atoms with Crippen LogP contribution in [-0.2, 0) is 35.4 Å². The summed E-state index contributed by atoms with van der Waals surface area (Å²) in [5, 5.41) is 10.6. The van der Waals surface area contributed by atoms with E-state index in [4.69, 9.17) is 14.2 Å². The van der Waals surface area contributed by atoms with Crippen LogP contribution in [0.1, 0.15) is 18.3 Å². The molecule has 0 N–H and O–H groups in total. The minimum absolute atomic E-state index is 0.186. The highest BCUT2D eigenvalue weighted by atomic mass is 32.2. The lowest BCUT2D eigenvalue weighted by Crippen LogP contribution is -2.69. The number of esters is 1. The molecular weight excluding hydrogens is 442 g/mol. The number of ether oxygens (including phenoxy) is 3. The molecule has 3 heterocycles. The van der Waals surface area contributed by atoms with Crippen molar-refractivity contribution in [2.45, 2.75) is 24.9 Å². The number of amides is 1. The zero-order valence-corrected chi connectivity index (χ0v) is 18.4. The molecule has 0 unspecified atom stereocenters. The molecule has 12 nitrogen and oxygen atoms in total. The van der Waals surface area contributed by atoms with Crippen molar-refractivity contribution in [3.05, 3.63) is 41.2 Å². The van der Waals surface area contributed by atoms with Crippen LogP contribution in [0.4, 0.5) is 0 Å². The molecule has 1 aromatic heterocycles. The highest BCUT2D eigenvalue weighted by molar-refractivity contribution is 7.92. The third kappa shape index (κ3) is 3.73. The Kier molecular flexibility index (Phi) is 5.69. The maximum absolute atomic E-state index is 12.8. The number of aromatic nitrogens is 4. The molecule has 0 saturated carbocycles. The van der Waals surface area contributed by atoms with Gasteiger partial charge in [-0.3, -0.25) is 14.5 Å². The Labute approximate surface area is 183 Å². The first-order valence-corrected chi connectivity index (χ1v) is 11.3. The van der Waals surface area contributed by atoms with Crippen molar-refractivity contribution >= 4 is 27.4 Å². The number of fused-ring (bicyclic) bond motifs is 1. The second-order valence-electron chi connectivity index (χ2n) is 7.30. The first kappa shape index (κ1) is 21.9. The quantitative estimate of drug-likeness (QED) is 0.394. The molecule has 2 atom stereocenters. The lowest BCUT2D eigenvalue weighted by atomic mass is 10.0. The van der Waals surface area contributed by atoms with E-state index >= 15 is 0 Å². The predicted octanol–water partition coefficient (Wildman–Crippen LogP) is -0.384. The van der Waals surface area contributed by atoms with E-state index in [1.165, 1.54) is 18.7 Å². The highest BCUT2D eigenvalue weighted by Crippen LogP contribution is 2.41. The van der Waals surface area contributed by atoms with Gasteiger partial charge in [0.15, 0.2) is 27.1 Å². The molecule has 2 aliphatic rings. The van der Waals surface area contributed by atoms with E-state index in [2.05, 4.69) is 15.5 Å². The van der Waals surface area contributed by atoms with Crippen molar-refractivity contribution in [1.29, 1.82) is 0 Å². The second-order valence-corrected chi connectivity index (χ2v) is 9.40. The monoisotopic (exact) mass is 463 g/mol. The molecule has 1 fully saturated rings. The fraction of sp³-hybridized carbons (Fsp3) is 0.421. The number of nitrogens with zero attached hydrogens (tertiary/aromatic N) is 5. The average Bonchev–Trinajstić information content (AvgIpc) is 3.20. The van der Waals surface area contributed by atoms with E-state index < -0.39 is 38.9 Å². The van der Waals surface area contributed by atoms with Crippen LogP contribution >= 0.6 is 0 Å². The molecule has 1 amide bonds. The van der Waals surface area contributed by atoms with Gasteiger partial charge in [-0.1, -0.05) is 12.1 Å².